The van der Waals surface area contributed by atoms with Gasteiger partial charge in [0.05, 0.1) is 117 Å². The number of ether oxygens (including phenoxy) is 10. The van der Waals surface area contributed by atoms with E-state index in [4.69, 9.17) is 47.4 Å². The van der Waals surface area contributed by atoms with Crippen molar-refractivity contribution >= 4 is 11.9 Å². The van der Waals surface area contributed by atoms with Gasteiger partial charge >= 0.3 is 11.9 Å². The minimum atomic E-state index is -1.07. The number of hydrogen-bond donors (Lipinski definition) is 2. The van der Waals surface area contributed by atoms with Gasteiger partial charge in [0.1, 0.15) is 12.1 Å². The van der Waals surface area contributed by atoms with Crippen molar-refractivity contribution in [3.8, 4) is 57.5 Å². The molecule has 0 aromatic heterocycles. The molecule has 2 aliphatic rings. The van der Waals surface area contributed by atoms with Crippen LogP contribution < -0.4 is 47.4 Å². The number of hydrogen-bond acceptors (Lipinski definition) is 12. The highest BCUT2D eigenvalue weighted by Crippen LogP contribution is 2.51. The van der Waals surface area contributed by atoms with Crippen LogP contribution in [0.4, 0.5) is 0 Å². The SMILES string of the molecule is COc1cc2c(cc1OC)[C@H](c1cc(OC)c(OC)c(OC)c1)[N@@+](C)(CCCC(CCCCCC(=O)O)(CCC[N@+]1(C)CCc3cc(OC)c(OC)cc3[C@@H]1c1cc(OC)c(OC)c(OC)c1)C(=O)O)CC2. The first-order chi connectivity index (χ1) is 34.6. The number of nitrogens with zero attached hydrogens (tertiary/aromatic N) is 2. The average Bonchev–Trinajstić information content (AvgIpc) is 3.38. The van der Waals surface area contributed by atoms with Crippen molar-refractivity contribution in [1.82, 2.24) is 0 Å². The number of carbonyl (C=O) groups is 2. The summed E-state index contributed by atoms with van der Waals surface area (Å²) in [6, 6.07) is 15.9. The maximum Gasteiger partial charge on any atom is 0.309 e. The first-order valence-electron chi connectivity index (χ1n) is 24.8. The van der Waals surface area contributed by atoms with E-state index in [1.165, 1.54) is 0 Å². The number of carboxylic acid groups (broad SMARTS) is 2. The number of methoxy groups -OCH3 is 10. The summed E-state index contributed by atoms with van der Waals surface area (Å²) < 4.78 is 59.3. The lowest BCUT2D eigenvalue weighted by molar-refractivity contribution is -0.936. The molecule has 0 saturated heterocycles. The van der Waals surface area contributed by atoms with Gasteiger partial charge in [-0.2, -0.15) is 0 Å². The van der Waals surface area contributed by atoms with Crippen LogP contribution in [0.2, 0.25) is 0 Å². The average molecular weight is 1000 g/mol. The van der Waals surface area contributed by atoms with Gasteiger partial charge in [-0.1, -0.05) is 12.8 Å². The predicted octanol–water partition coefficient (Wildman–Crippen LogP) is 9.32. The number of fused-ring (bicyclic) bond motifs is 2. The molecule has 1 unspecified atom stereocenters. The van der Waals surface area contributed by atoms with Crippen LogP contribution in [0.5, 0.6) is 57.5 Å². The van der Waals surface area contributed by atoms with E-state index in [1.807, 2.05) is 24.3 Å². The summed E-state index contributed by atoms with van der Waals surface area (Å²) in [7, 11) is 20.7. The molecule has 0 amide bonds. The second kappa shape index (κ2) is 24.0. The Hall–Kier alpha value is -6.26. The Kier molecular flexibility index (Phi) is 18.3. The van der Waals surface area contributed by atoms with Gasteiger partial charge < -0.3 is 66.5 Å². The summed E-state index contributed by atoms with van der Waals surface area (Å²) in [5.74, 6) is 4.03. The summed E-state index contributed by atoms with van der Waals surface area (Å²) in [6.45, 7) is 2.88. The maximum atomic E-state index is 14.0. The number of likely N-dealkylation sites (N-methyl/N-ethyl adjacent to an activating group) is 2. The topological polar surface area (TPSA) is 167 Å². The fraction of sp³-hybridized carbons (Fsp3) is 0.536. The van der Waals surface area contributed by atoms with Gasteiger partial charge in [0, 0.05) is 41.5 Å². The van der Waals surface area contributed by atoms with E-state index in [-0.39, 0.29) is 18.5 Å². The molecule has 2 aliphatic heterocycles. The molecule has 0 bridgehead atoms. The molecule has 16 nitrogen and oxygen atoms in total. The fourth-order valence-electron chi connectivity index (χ4n) is 11.7. The van der Waals surface area contributed by atoms with E-state index in [2.05, 4.69) is 38.4 Å². The molecular weight excluding hydrogens is 925 g/mol. The molecule has 4 aromatic carbocycles. The van der Waals surface area contributed by atoms with E-state index in [0.29, 0.717) is 131 Å². The van der Waals surface area contributed by atoms with Crippen molar-refractivity contribution in [2.75, 3.05) is 111 Å². The van der Waals surface area contributed by atoms with E-state index in [0.717, 1.165) is 59.3 Å². The second-order valence-corrected chi connectivity index (χ2v) is 19.6. The standard InChI is InChI=1S/C56H76N2O14/c1-57(26-19-36-28-42(63-3)44(65-5)34-40(36)51(57)38-30-46(67-7)53(71-11)47(31-38)68-8)24-16-22-56(55(61)62,21-15-13-14-18-50(59)60)23-17-25-58(2)27-20-37-29-43(64-4)45(66-6)35-41(37)52(58)39-32-48(69-9)54(72-12)49(33-39)70-10/h28-35,51-52H,13-27H2,1-12H3/p+2/t51-,52-,56?,57-,58+/m0/s1. The molecule has 0 aliphatic carbocycles. The van der Waals surface area contributed by atoms with Crippen LogP contribution in [0.15, 0.2) is 48.5 Å². The molecule has 394 valence electrons. The second-order valence-electron chi connectivity index (χ2n) is 19.6. The van der Waals surface area contributed by atoms with Gasteiger partial charge in [-0.05, 0) is 98.2 Å². The Labute approximate surface area is 425 Å². The van der Waals surface area contributed by atoms with E-state index in [9.17, 15) is 19.8 Å². The molecule has 6 rings (SSSR count). The van der Waals surface area contributed by atoms with Crippen LogP contribution in [0.1, 0.15) is 103 Å². The van der Waals surface area contributed by atoms with Crippen molar-refractivity contribution in [1.29, 1.82) is 0 Å². The summed E-state index contributed by atoms with van der Waals surface area (Å²) in [5.41, 5.74) is 5.29. The third-order valence-electron chi connectivity index (χ3n) is 15.6. The van der Waals surface area contributed by atoms with Crippen LogP contribution in [0.25, 0.3) is 0 Å². The van der Waals surface area contributed by atoms with Gasteiger partial charge in [-0.3, -0.25) is 9.59 Å². The Bertz CT molecular complexity index is 2330. The largest absolute Gasteiger partial charge is 0.493 e. The van der Waals surface area contributed by atoms with Gasteiger partial charge in [0.2, 0.25) is 11.5 Å². The first kappa shape index (κ1) is 55.1. The highest BCUT2D eigenvalue weighted by Gasteiger charge is 2.46. The van der Waals surface area contributed by atoms with Crippen molar-refractivity contribution in [3.63, 3.8) is 0 Å². The Morgan fingerprint density at radius 3 is 1.14 bits per heavy atom. The van der Waals surface area contributed by atoms with E-state index in [1.54, 1.807) is 71.1 Å². The number of aliphatic carboxylic acids is 2. The highest BCUT2D eigenvalue weighted by atomic mass is 16.5. The Morgan fingerprint density at radius 2 is 0.819 bits per heavy atom. The van der Waals surface area contributed by atoms with Crippen LogP contribution in [0.3, 0.4) is 0 Å². The van der Waals surface area contributed by atoms with Gasteiger partial charge in [-0.25, -0.2) is 0 Å². The van der Waals surface area contributed by atoms with Crippen LogP contribution >= 0.6 is 0 Å². The van der Waals surface area contributed by atoms with Crippen molar-refractivity contribution in [2.45, 2.75) is 82.7 Å². The molecule has 0 spiro atoms. The van der Waals surface area contributed by atoms with Gasteiger partial charge in [0.15, 0.2) is 46.0 Å². The lowest BCUT2D eigenvalue weighted by Gasteiger charge is -2.47. The van der Waals surface area contributed by atoms with Crippen LogP contribution in [0, 0.1) is 5.41 Å². The van der Waals surface area contributed by atoms with Crippen molar-refractivity contribution in [2.24, 2.45) is 5.41 Å². The third kappa shape index (κ3) is 11.3. The Morgan fingerprint density at radius 1 is 0.472 bits per heavy atom. The van der Waals surface area contributed by atoms with E-state index < -0.39 is 17.4 Å². The zero-order chi connectivity index (χ0) is 52.4. The fourth-order valence-corrected chi connectivity index (χ4v) is 11.7. The zero-order valence-electron chi connectivity index (χ0n) is 44.6. The molecule has 72 heavy (non-hydrogen) atoms. The molecule has 0 fully saturated rings. The molecule has 2 heterocycles. The van der Waals surface area contributed by atoms with Gasteiger partial charge in [-0.15, -0.1) is 0 Å². The number of quaternary nitrogens is 2. The summed E-state index contributed by atoms with van der Waals surface area (Å²) >= 11 is 0. The predicted molar refractivity (Wildman–Crippen MR) is 273 cm³/mol. The molecule has 16 heteroatoms. The van der Waals surface area contributed by atoms with E-state index >= 15 is 0 Å². The molecular formula is C56H78N2O14+2. The van der Waals surface area contributed by atoms with Crippen LogP contribution in [-0.2, 0) is 22.4 Å². The monoisotopic (exact) mass is 1000 g/mol. The van der Waals surface area contributed by atoms with Crippen LogP contribution in [-0.4, -0.2) is 142 Å². The van der Waals surface area contributed by atoms with Crippen molar-refractivity contribution < 1.29 is 76.1 Å². The molecule has 0 saturated carbocycles. The Balaban J connectivity index is 1.36. The molecule has 5 atom stereocenters. The third-order valence-corrected chi connectivity index (χ3v) is 15.6. The highest BCUT2D eigenvalue weighted by molar-refractivity contribution is 5.74. The van der Waals surface area contributed by atoms with Gasteiger partial charge in [0.25, 0.3) is 0 Å². The summed E-state index contributed by atoms with van der Waals surface area (Å²) in [5, 5.41) is 20.9. The smallest absolute Gasteiger partial charge is 0.309 e. The number of benzene rings is 4. The molecule has 4 aromatic rings. The normalized spacial score (nSPS) is 19.9. The van der Waals surface area contributed by atoms with Crippen molar-refractivity contribution in [3.05, 3.63) is 81.9 Å². The number of unbranched alkanes of at least 4 members (excludes halogenated alkanes) is 2. The lowest BCUT2D eigenvalue weighted by atomic mass is 9.74. The molecule has 2 N–H and O–H groups in total. The quantitative estimate of drug-likeness (QED) is 0.0429. The molecule has 0 radical (unpaired) electrons. The summed E-state index contributed by atoms with van der Waals surface area (Å²) in [6.07, 6.45) is 5.86. The zero-order valence-corrected chi connectivity index (χ0v) is 44.6. The summed E-state index contributed by atoms with van der Waals surface area (Å²) in [4.78, 5) is 25.5. The first-order valence-corrected chi connectivity index (χ1v) is 24.8. The number of carboxylic acids is 2. The number of rotatable bonds is 27. The minimum absolute atomic E-state index is 0.0483. The minimum Gasteiger partial charge on any atom is -0.493 e. The maximum absolute atomic E-state index is 14.0. The lowest BCUT2D eigenvalue weighted by Crippen LogP contribution is -2.53.